The van der Waals surface area contributed by atoms with Gasteiger partial charge >= 0.3 is 0 Å². The van der Waals surface area contributed by atoms with Gasteiger partial charge in [0, 0.05) is 18.0 Å². The molecule has 1 heterocycles. The van der Waals surface area contributed by atoms with Crippen molar-refractivity contribution in [2.75, 3.05) is 5.32 Å². The van der Waals surface area contributed by atoms with Gasteiger partial charge in [0.25, 0.3) is 5.91 Å². The van der Waals surface area contributed by atoms with Crippen molar-refractivity contribution < 1.29 is 22.0 Å². The summed E-state index contributed by atoms with van der Waals surface area (Å²) in [4.78, 5) is 14.8. The van der Waals surface area contributed by atoms with Gasteiger partial charge in [-0.15, -0.1) is 0 Å². The average molecular weight is 313 g/mol. The van der Waals surface area contributed by atoms with Crippen LogP contribution < -0.4 is 10.5 Å². The van der Waals surface area contributed by atoms with Gasteiger partial charge in [0.2, 0.25) is 10.0 Å². The molecule has 0 aliphatic rings. The summed E-state index contributed by atoms with van der Waals surface area (Å²) in [6.07, 6.45) is 2.68. The van der Waals surface area contributed by atoms with E-state index in [0.29, 0.717) is 12.1 Å². The number of halogens is 2. The Morgan fingerprint density at radius 2 is 1.67 bits per heavy atom. The number of carbonyl (C=O) groups excluding carboxylic acids is 1. The minimum atomic E-state index is -4.25. The Hall–Kier alpha value is -2.39. The number of sulfonamides is 1. The van der Waals surface area contributed by atoms with E-state index in [9.17, 15) is 22.0 Å². The van der Waals surface area contributed by atoms with Gasteiger partial charge in [-0.05, 0) is 24.3 Å². The number of nitrogens with zero attached hydrogens (tertiary/aromatic N) is 1. The molecule has 0 saturated carbocycles. The molecular formula is C12H9F2N3O3S. The second-order valence-corrected chi connectivity index (χ2v) is 5.56. The van der Waals surface area contributed by atoms with Crippen LogP contribution in [0.4, 0.5) is 14.5 Å². The minimum absolute atomic E-state index is 0.138. The van der Waals surface area contributed by atoms with E-state index in [2.05, 4.69) is 4.98 Å². The number of pyridine rings is 1. The van der Waals surface area contributed by atoms with Crippen LogP contribution in [-0.2, 0) is 10.0 Å². The summed E-state index contributed by atoms with van der Waals surface area (Å²) in [5, 5.41) is 6.80. The average Bonchev–Trinajstić information content (AvgIpc) is 2.42. The van der Waals surface area contributed by atoms with Gasteiger partial charge in [0.1, 0.15) is 5.69 Å². The molecule has 3 N–H and O–H groups in total. The molecule has 0 spiro atoms. The molecule has 6 nitrogen and oxygen atoms in total. The van der Waals surface area contributed by atoms with E-state index in [1.807, 2.05) is 5.32 Å². The highest BCUT2D eigenvalue weighted by Gasteiger charge is 2.19. The number of rotatable bonds is 3. The molecule has 1 aromatic carbocycles. The van der Waals surface area contributed by atoms with Crippen LogP contribution in [0.5, 0.6) is 0 Å². The van der Waals surface area contributed by atoms with Crippen molar-refractivity contribution in [2.45, 2.75) is 4.90 Å². The number of nitrogens with two attached hydrogens (primary N) is 1. The fourth-order valence-electron chi connectivity index (χ4n) is 1.52. The van der Waals surface area contributed by atoms with E-state index in [1.165, 1.54) is 24.5 Å². The Kier molecular flexibility index (Phi) is 3.96. The molecule has 2 aromatic rings. The molecule has 0 atom stereocenters. The van der Waals surface area contributed by atoms with Gasteiger partial charge in [0.15, 0.2) is 11.6 Å². The monoisotopic (exact) mass is 313 g/mol. The Morgan fingerprint density at radius 3 is 2.14 bits per heavy atom. The first-order valence-corrected chi connectivity index (χ1v) is 7.07. The zero-order valence-electron chi connectivity index (χ0n) is 10.4. The van der Waals surface area contributed by atoms with E-state index < -0.39 is 38.1 Å². The summed E-state index contributed by atoms with van der Waals surface area (Å²) in [5.41, 5.74) is -0.622. The predicted molar refractivity (Wildman–Crippen MR) is 69.9 cm³/mol. The number of nitrogens with one attached hydrogen (secondary N) is 1. The number of primary sulfonamides is 1. The van der Waals surface area contributed by atoms with Gasteiger partial charge in [-0.3, -0.25) is 9.78 Å². The summed E-state index contributed by atoms with van der Waals surface area (Å²) in [6, 6.07) is 3.76. The molecule has 2 rings (SSSR count). The number of carbonyl (C=O) groups is 1. The number of anilines is 1. The molecular weight excluding hydrogens is 304 g/mol. The van der Waals surface area contributed by atoms with Gasteiger partial charge in [0.05, 0.1) is 4.90 Å². The first-order chi connectivity index (χ1) is 9.79. The highest BCUT2D eigenvalue weighted by Crippen LogP contribution is 2.23. The fourth-order valence-corrected chi connectivity index (χ4v) is 2.06. The van der Waals surface area contributed by atoms with Gasteiger partial charge in [-0.2, -0.15) is 0 Å². The molecule has 21 heavy (non-hydrogen) atoms. The molecule has 0 fully saturated rings. The largest absolute Gasteiger partial charge is 0.317 e. The lowest BCUT2D eigenvalue weighted by molar-refractivity contribution is 0.102. The third-order valence-electron chi connectivity index (χ3n) is 2.53. The molecule has 110 valence electrons. The van der Waals surface area contributed by atoms with E-state index in [4.69, 9.17) is 5.14 Å². The molecule has 0 unspecified atom stereocenters. The fraction of sp³-hybridized carbons (Fsp3) is 0. The van der Waals surface area contributed by atoms with Crippen LogP contribution in [0.25, 0.3) is 0 Å². The van der Waals surface area contributed by atoms with Crippen molar-refractivity contribution in [3.05, 3.63) is 53.9 Å². The quantitative estimate of drug-likeness (QED) is 0.890. The first kappa shape index (κ1) is 15.0. The topological polar surface area (TPSA) is 102 Å². The van der Waals surface area contributed by atoms with Crippen LogP contribution in [0.15, 0.2) is 41.6 Å². The third kappa shape index (κ3) is 3.38. The zero-order valence-corrected chi connectivity index (χ0v) is 11.2. The summed E-state index contributed by atoms with van der Waals surface area (Å²) in [5.74, 6) is -3.26. The molecule has 0 radical (unpaired) electrons. The van der Waals surface area contributed by atoms with Crippen LogP contribution in [-0.4, -0.2) is 19.3 Å². The van der Waals surface area contributed by atoms with Crippen molar-refractivity contribution in [3.63, 3.8) is 0 Å². The Labute approximate surface area is 118 Å². The number of hydrogen-bond donors (Lipinski definition) is 2. The predicted octanol–water partition coefficient (Wildman–Crippen LogP) is 1.26. The highest BCUT2D eigenvalue weighted by atomic mass is 32.2. The van der Waals surface area contributed by atoms with Crippen molar-refractivity contribution in [3.8, 4) is 0 Å². The number of hydrogen-bond acceptors (Lipinski definition) is 4. The van der Waals surface area contributed by atoms with E-state index in [0.717, 1.165) is 0 Å². The normalized spacial score (nSPS) is 11.2. The minimum Gasteiger partial charge on any atom is -0.317 e. The lowest BCUT2D eigenvalue weighted by atomic mass is 10.2. The maximum absolute atomic E-state index is 13.7. The molecule has 0 saturated heterocycles. The SMILES string of the molecule is NS(=O)(=O)c1cc(F)c(NC(=O)c2ccncc2)c(F)c1. The zero-order chi connectivity index (χ0) is 15.6. The number of benzene rings is 1. The Bertz CT molecular complexity index is 772. The molecule has 9 heteroatoms. The summed E-state index contributed by atoms with van der Waals surface area (Å²) >= 11 is 0. The van der Waals surface area contributed by atoms with Crippen molar-refractivity contribution in [1.82, 2.24) is 4.98 Å². The molecule has 0 aliphatic heterocycles. The highest BCUT2D eigenvalue weighted by molar-refractivity contribution is 7.89. The smallest absolute Gasteiger partial charge is 0.255 e. The van der Waals surface area contributed by atoms with Gasteiger partial charge in [-0.1, -0.05) is 0 Å². The molecule has 0 aliphatic carbocycles. The van der Waals surface area contributed by atoms with E-state index in [1.54, 1.807) is 0 Å². The number of aromatic nitrogens is 1. The van der Waals surface area contributed by atoms with E-state index >= 15 is 0 Å². The molecule has 1 amide bonds. The van der Waals surface area contributed by atoms with Crippen molar-refractivity contribution in [1.29, 1.82) is 0 Å². The van der Waals surface area contributed by atoms with Crippen molar-refractivity contribution >= 4 is 21.6 Å². The second kappa shape index (κ2) is 5.54. The van der Waals surface area contributed by atoms with Gasteiger partial charge in [-0.25, -0.2) is 22.3 Å². The summed E-state index contributed by atoms with van der Waals surface area (Å²) in [7, 11) is -4.25. The first-order valence-electron chi connectivity index (χ1n) is 5.52. The molecule has 0 bridgehead atoms. The summed E-state index contributed by atoms with van der Waals surface area (Å²) in [6.45, 7) is 0. The van der Waals surface area contributed by atoms with Crippen LogP contribution in [0.2, 0.25) is 0 Å². The van der Waals surface area contributed by atoms with E-state index in [-0.39, 0.29) is 5.56 Å². The standard InChI is InChI=1S/C12H9F2N3O3S/c13-9-5-8(21(15,19)20)6-10(14)11(9)17-12(18)7-1-3-16-4-2-7/h1-6H,(H,17,18)(H2,15,19,20). The van der Waals surface area contributed by atoms with Crippen LogP contribution in [0, 0.1) is 11.6 Å². The second-order valence-electron chi connectivity index (χ2n) is 4.00. The number of amides is 1. The Balaban J connectivity index is 2.36. The van der Waals surface area contributed by atoms with Gasteiger partial charge < -0.3 is 5.32 Å². The maximum Gasteiger partial charge on any atom is 0.255 e. The molecule has 1 aromatic heterocycles. The lowest BCUT2D eigenvalue weighted by Crippen LogP contribution is -2.17. The van der Waals surface area contributed by atoms with Crippen LogP contribution in [0.3, 0.4) is 0 Å². The third-order valence-corrected chi connectivity index (χ3v) is 3.42. The van der Waals surface area contributed by atoms with Crippen molar-refractivity contribution in [2.24, 2.45) is 5.14 Å². The Morgan fingerprint density at radius 1 is 1.14 bits per heavy atom. The van der Waals surface area contributed by atoms with Crippen LogP contribution >= 0.6 is 0 Å². The van der Waals surface area contributed by atoms with Crippen LogP contribution in [0.1, 0.15) is 10.4 Å². The maximum atomic E-state index is 13.7. The lowest BCUT2D eigenvalue weighted by Gasteiger charge is -2.09. The summed E-state index contributed by atoms with van der Waals surface area (Å²) < 4.78 is 49.5.